The summed E-state index contributed by atoms with van der Waals surface area (Å²) in [4.78, 5) is 11.8. The number of carbonyl (C=O) groups excluding carboxylic acids is 1. The molecule has 1 heterocycles. The van der Waals surface area contributed by atoms with Gasteiger partial charge >= 0.3 is 0 Å². The van der Waals surface area contributed by atoms with E-state index in [2.05, 4.69) is 16.2 Å². The first-order chi connectivity index (χ1) is 8.25. The van der Waals surface area contributed by atoms with Gasteiger partial charge < -0.3 is 5.32 Å². The van der Waals surface area contributed by atoms with Crippen molar-refractivity contribution in [3.05, 3.63) is 29.3 Å². The van der Waals surface area contributed by atoms with Crippen molar-refractivity contribution in [2.24, 2.45) is 5.92 Å². The lowest BCUT2D eigenvalue weighted by atomic mass is 9.98. The first-order valence-corrected chi connectivity index (χ1v) is 6.15. The van der Waals surface area contributed by atoms with Crippen molar-refractivity contribution in [2.45, 2.75) is 12.8 Å². The summed E-state index contributed by atoms with van der Waals surface area (Å²) in [7, 11) is 0. The van der Waals surface area contributed by atoms with E-state index in [0.717, 1.165) is 31.6 Å². The van der Waals surface area contributed by atoms with Crippen molar-refractivity contribution >= 4 is 23.2 Å². The minimum absolute atomic E-state index is 0.0477. The molecule has 0 radical (unpaired) electrons. The van der Waals surface area contributed by atoms with Crippen LogP contribution in [0.4, 0.5) is 5.69 Å². The van der Waals surface area contributed by atoms with Crippen molar-refractivity contribution in [3.63, 3.8) is 0 Å². The molecule has 5 heteroatoms. The summed E-state index contributed by atoms with van der Waals surface area (Å²) < 4.78 is 0. The second-order valence-electron chi connectivity index (χ2n) is 4.15. The molecule has 0 aromatic heterocycles. The third kappa shape index (κ3) is 3.61. The molecular weight excluding hydrogens is 238 g/mol. The monoisotopic (exact) mass is 253 g/mol. The van der Waals surface area contributed by atoms with Crippen molar-refractivity contribution in [2.75, 3.05) is 18.5 Å². The number of benzene rings is 1. The van der Waals surface area contributed by atoms with E-state index in [1.807, 2.05) is 12.1 Å². The molecule has 4 nitrogen and oxygen atoms in total. The Hall–Kier alpha value is -1.26. The average Bonchev–Trinajstić information content (AvgIpc) is 2.37. The molecule has 3 N–H and O–H groups in total. The molecular formula is C12H16ClN3O. The maximum atomic E-state index is 11.8. The molecule has 1 saturated heterocycles. The number of hydrazine groups is 1. The number of nitrogens with one attached hydrogen (secondary N) is 3. The first kappa shape index (κ1) is 12.2. The molecule has 92 valence electrons. The van der Waals surface area contributed by atoms with Gasteiger partial charge in [0.2, 0.25) is 5.91 Å². The highest BCUT2D eigenvalue weighted by Gasteiger charge is 2.20. The number of rotatable bonds is 3. The minimum atomic E-state index is 0.0477. The van der Waals surface area contributed by atoms with Gasteiger partial charge in [0, 0.05) is 10.9 Å². The highest BCUT2D eigenvalue weighted by molar-refractivity contribution is 6.30. The summed E-state index contributed by atoms with van der Waals surface area (Å²) in [5, 5.41) is 3.88. The Morgan fingerprint density at radius 1 is 1.35 bits per heavy atom. The molecule has 1 amide bonds. The number of carbonyl (C=O) groups is 1. The van der Waals surface area contributed by atoms with E-state index >= 15 is 0 Å². The van der Waals surface area contributed by atoms with Crippen LogP contribution in [0.5, 0.6) is 0 Å². The second kappa shape index (κ2) is 5.89. The van der Waals surface area contributed by atoms with Crippen LogP contribution in [0.2, 0.25) is 5.02 Å². The predicted molar refractivity (Wildman–Crippen MR) is 68.8 cm³/mol. The average molecular weight is 254 g/mol. The fourth-order valence-corrected chi connectivity index (χ4v) is 2.08. The number of amides is 1. The van der Waals surface area contributed by atoms with Crippen LogP contribution < -0.4 is 16.2 Å². The van der Waals surface area contributed by atoms with Gasteiger partial charge in [-0.15, -0.1) is 0 Å². The van der Waals surface area contributed by atoms with E-state index in [0.29, 0.717) is 5.02 Å². The third-order valence-corrected chi connectivity index (χ3v) is 3.10. The van der Waals surface area contributed by atoms with Crippen LogP contribution in [0.15, 0.2) is 24.3 Å². The second-order valence-corrected chi connectivity index (χ2v) is 4.59. The summed E-state index contributed by atoms with van der Waals surface area (Å²) in [5.74, 6) is 0.148. The highest BCUT2D eigenvalue weighted by Crippen LogP contribution is 2.15. The summed E-state index contributed by atoms with van der Waals surface area (Å²) in [6, 6.07) is 7.25. The van der Waals surface area contributed by atoms with E-state index in [1.54, 1.807) is 12.1 Å². The van der Waals surface area contributed by atoms with Gasteiger partial charge in [0.05, 0.1) is 5.69 Å². The Balaban J connectivity index is 1.83. The van der Waals surface area contributed by atoms with E-state index in [9.17, 15) is 4.79 Å². The molecule has 1 fully saturated rings. The van der Waals surface area contributed by atoms with Crippen LogP contribution >= 0.6 is 11.6 Å². The standard InChI is InChI=1S/C12H16ClN3O/c13-10-2-1-3-11(8-10)15-16-12(17)9-4-6-14-7-5-9/h1-3,8-9,14-15H,4-7H2,(H,16,17). The van der Waals surface area contributed by atoms with Crippen LogP contribution in [0.3, 0.4) is 0 Å². The zero-order valence-corrected chi connectivity index (χ0v) is 10.3. The zero-order valence-electron chi connectivity index (χ0n) is 9.50. The highest BCUT2D eigenvalue weighted by atomic mass is 35.5. The van der Waals surface area contributed by atoms with Crippen molar-refractivity contribution < 1.29 is 4.79 Å². The van der Waals surface area contributed by atoms with Crippen LogP contribution in [0, 0.1) is 5.92 Å². The number of piperidine rings is 1. The lowest BCUT2D eigenvalue weighted by Crippen LogP contribution is -2.40. The van der Waals surface area contributed by atoms with Crippen LogP contribution in [-0.2, 0) is 4.79 Å². The van der Waals surface area contributed by atoms with Crippen LogP contribution in [0.25, 0.3) is 0 Å². The van der Waals surface area contributed by atoms with Gasteiger partial charge in [0.15, 0.2) is 0 Å². The molecule has 2 rings (SSSR count). The summed E-state index contributed by atoms with van der Waals surface area (Å²) in [5.41, 5.74) is 6.39. The van der Waals surface area contributed by atoms with Gasteiger partial charge in [-0.05, 0) is 44.1 Å². The topological polar surface area (TPSA) is 53.2 Å². The molecule has 1 aromatic carbocycles. The van der Waals surface area contributed by atoms with E-state index in [1.165, 1.54) is 0 Å². The molecule has 0 saturated carbocycles. The number of anilines is 1. The van der Waals surface area contributed by atoms with Gasteiger partial charge in [0.25, 0.3) is 0 Å². The third-order valence-electron chi connectivity index (χ3n) is 2.86. The van der Waals surface area contributed by atoms with E-state index in [-0.39, 0.29) is 11.8 Å². The molecule has 0 bridgehead atoms. The number of hydrogen-bond donors (Lipinski definition) is 3. The summed E-state index contributed by atoms with van der Waals surface area (Å²) in [6.45, 7) is 1.82. The Bertz CT molecular complexity index is 391. The Morgan fingerprint density at radius 3 is 2.82 bits per heavy atom. The Labute approximate surface area is 106 Å². The lowest BCUT2D eigenvalue weighted by molar-refractivity contribution is -0.125. The lowest BCUT2D eigenvalue weighted by Gasteiger charge is -2.22. The van der Waals surface area contributed by atoms with Gasteiger partial charge in [-0.3, -0.25) is 15.6 Å². The molecule has 1 aromatic rings. The number of halogens is 1. The maximum absolute atomic E-state index is 11.8. The van der Waals surface area contributed by atoms with Gasteiger partial charge in [-0.2, -0.15) is 0 Å². The van der Waals surface area contributed by atoms with Gasteiger partial charge in [-0.25, -0.2) is 0 Å². The maximum Gasteiger partial charge on any atom is 0.241 e. The molecule has 17 heavy (non-hydrogen) atoms. The van der Waals surface area contributed by atoms with Gasteiger partial charge in [-0.1, -0.05) is 17.7 Å². The van der Waals surface area contributed by atoms with E-state index in [4.69, 9.17) is 11.6 Å². The van der Waals surface area contributed by atoms with Crippen LogP contribution in [0.1, 0.15) is 12.8 Å². The first-order valence-electron chi connectivity index (χ1n) is 5.78. The van der Waals surface area contributed by atoms with E-state index < -0.39 is 0 Å². The molecule has 0 atom stereocenters. The molecule has 1 aliphatic heterocycles. The fourth-order valence-electron chi connectivity index (χ4n) is 1.89. The zero-order chi connectivity index (χ0) is 12.1. The largest absolute Gasteiger partial charge is 0.317 e. The predicted octanol–water partition coefficient (Wildman–Crippen LogP) is 1.78. The minimum Gasteiger partial charge on any atom is -0.317 e. The van der Waals surface area contributed by atoms with Crippen molar-refractivity contribution in [1.82, 2.24) is 10.7 Å². The molecule has 1 aliphatic rings. The molecule has 0 spiro atoms. The van der Waals surface area contributed by atoms with Gasteiger partial charge in [0.1, 0.15) is 0 Å². The fraction of sp³-hybridized carbons (Fsp3) is 0.417. The summed E-state index contributed by atoms with van der Waals surface area (Å²) in [6.07, 6.45) is 1.78. The SMILES string of the molecule is O=C(NNc1cccc(Cl)c1)C1CCNCC1. The normalized spacial score (nSPS) is 16.5. The molecule has 0 unspecified atom stereocenters. The smallest absolute Gasteiger partial charge is 0.241 e. The van der Waals surface area contributed by atoms with Crippen molar-refractivity contribution in [3.8, 4) is 0 Å². The quantitative estimate of drug-likeness (QED) is 0.720. The molecule has 0 aliphatic carbocycles. The van der Waals surface area contributed by atoms with Crippen LogP contribution in [-0.4, -0.2) is 19.0 Å². The van der Waals surface area contributed by atoms with Crippen molar-refractivity contribution in [1.29, 1.82) is 0 Å². The number of hydrogen-bond acceptors (Lipinski definition) is 3. The Kier molecular flexibility index (Phi) is 4.23. The Morgan fingerprint density at radius 2 is 2.12 bits per heavy atom. The summed E-state index contributed by atoms with van der Waals surface area (Å²) >= 11 is 5.85.